The van der Waals surface area contributed by atoms with Crippen molar-refractivity contribution in [2.24, 2.45) is 5.14 Å². The summed E-state index contributed by atoms with van der Waals surface area (Å²) >= 11 is -1.66. The first-order valence-corrected chi connectivity index (χ1v) is 10.3. The highest BCUT2D eigenvalue weighted by Crippen LogP contribution is 2.25. The third-order valence-electron chi connectivity index (χ3n) is 4.53. The first kappa shape index (κ1) is 21.0. The van der Waals surface area contributed by atoms with Crippen LogP contribution < -0.4 is 20.7 Å². The molecule has 2 aromatic heterocycles. The van der Waals surface area contributed by atoms with Gasteiger partial charge in [0.25, 0.3) is 11.8 Å². The topological polar surface area (TPSA) is 167 Å². The minimum atomic E-state index is -1.66. The average Bonchev–Trinajstić information content (AvgIpc) is 3.21. The Morgan fingerprint density at radius 2 is 2.03 bits per heavy atom. The monoisotopic (exact) mass is 439 g/mol. The molecule has 1 unspecified atom stereocenters. The van der Waals surface area contributed by atoms with Crippen LogP contribution in [0.25, 0.3) is 16.9 Å². The Labute approximate surface area is 180 Å². The van der Waals surface area contributed by atoms with Crippen molar-refractivity contribution in [1.82, 2.24) is 25.0 Å². The normalized spacial score (nSPS) is 12.0. The van der Waals surface area contributed by atoms with Gasteiger partial charge < -0.3 is 24.7 Å². The van der Waals surface area contributed by atoms with E-state index < -0.39 is 18.5 Å². The van der Waals surface area contributed by atoms with Crippen LogP contribution in [0.5, 0.6) is 5.88 Å². The van der Waals surface area contributed by atoms with Gasteiger partial charge in [-0.3, -0.25) is 0 Å². The minimum absolute atomic E-state index is 0.179. The summed E-state index contributed by atoms with van der Waals surface area (Å²) < 4.78 is 18.5. The molecule has 31 heavy (non-hydrogen) atoms. The summed E-state index contributed by atoms with van der Waals surface area (Å²) in [5.74, 6) is 0.685. The second kappa shape index (κ2) is 8.87. The first-order valence-electron chi connectivity index (χ1n) is 9.08. The van der Waals surface area contributed by atoms with E-state index >= 15 is 0 Å². The van der Waals surface area contributed by atoms with E-state index in [1.807, 2.05) is 6.07 Å². The molecule has 11 nitrogen and oxygen atoms in total. The lowest BCUT2D eigenvalue weighted by molar-refractivity contribution is 0.390. The molecule has 1 atom stereocenters. The highest BCUT2D eigenvalue weighted by Gasteiger charge is 2.18. The Morgan fingerprint density at radius 3 is 2.77 bits per heavy atom. The number of benzene rings is 2. The number of methoxy groups -OCH3 is 1. The molecule has 0 aliphatic heterocycles. The molecular formula is C18H18BN7O4S. The Morgan fingerprint density at radius 1 is 1.23 bits per heavy atom. The number of fused-ring (bicyclic) bond motifs is 1. The van der Waals surface area contributed by atoms with E-state index in [1.165, 1.54) is 11.8 Å². The number of nitrogens with zero attached hydrogens (tertiary/aromatic N) is 5. The van der Waals surface area contributed by atoms with E-state index in [1.54, 1.807) is 42.6 Å². The van der Waals surface area contributed by atoms with Crippen LogP contribution in [0, 0.1) is 0 Å². The molecule has 5 N–H and O–H groups in total. The van der Waals surface area contributed by atoms with E-state index in [0.29, 0.717) is 33.6 Å². The van der Waals surface area contributed by atoms with Crippen molar-refractivity contribution in [1.29, 1.82) is 0 Å². The quantitative estimate of drug-likeness (QED) is 0.218. The summed E-state index contributed by atoms with van der Waals surface area (Å²) in [5, 5.41) is 40.4. The zero-order chi connectivity index (χ0) is 22.0. The van der Waals surface area contributed by atoms with Crippen molar-refractivity contribution in [3.8, 4) is 11.8 Å². The fourth-order valence-electron chi connectivity index (χ4n) is 3.06. The van der Waals surface area contributed by atoms with Gasteiger partial charge in [0.05, 0.1) is 35.6 Å². The Bertz CT molecular complexity index is 1220. The van der Waals surface area contributed by atoms with Crippen LogP contribution in [0.1, 0.15) is 5.56 Å². The molecule has 13 heteroatoms. The standard InChI is InChI=1S/C18H18BN7O4S/c1-30-17-16(21-9-11-4-2-5-12(8-11)19(27)28)23-18(25-24-17)26-14-6-3-7-15(31(20)29)13(14)10-22-26/h2-8,10,27-28H,9,20H2,1H3,(H,21,23,25). The van der Waals surface area contributed by atoms with Crippen LogP contribution >= 0.6 is 0 Å². The van der Waals surface area contributed by atoms with Crippen molar-refractivity contribution < 1.29 is 19.3 Å². The largest absolute Gasteiger partial charge is 0.593 e. The van der Waals surface area contributed by atoms with Gasteiger partial charge in [-0.1, -0.05) is 30.3 Å². The molecule has 0 saturated carbocycles. The van der Waals surface area contributed by atoms with E-state index in [4.69, 9.17) is 9.88 Å². The number of anilines is 1. The van der Waals surface area contributed by atoms with Crippen molar-refractivity contribution in [2.45, 2.75) is 11.4 Å². The molecule has 158 valence electrons. The zero-order valence-corrected chi connectivity index (χ0v) is 17.2. The number of aromatic nitrogens is 5. The third kappa shape index (κ3) is 4.31. The fourth-order valence-corrected chi connectivity index (χ4v) is 3.65. The van der Waals surface area contributed by atoms with Crippen LogP contribution in [0.15, 0.2) is 53.6 Å². The number of rotatable bonds is 7. The second-order valence-electron chi connectivity index (χ2n) is 6.48. The maximum absolute atomic E-state index is 11.8. The average molecular weight is 439 g/mol. The molecule has 0 amide bonds. The minimum Gasteiger partial charge on any atom is -0.593 e. The lowest BCUT2D eigenvalue weighted by atomic mass is 9.80. The molecule has 0 aliphatic carbocycles. The number of hydrogen-bond acceptors (Lipinski definition) is 10. The smallest absolute Gasteiger partial charge is 0.488 e. The molecule has 0 aliphatic rings. The number of nitrogens with one attached hydrogen (secondary N) is 1. The summed E-state index contributed by atoms with van der Waals surface area (Å²) in [4.78, 5) is 4.92. The molecule has 4 aromatic rings. The van der Waals surface area contributed by atoms with Crippen molar-refractivity contribution in [3.63, 3.8) is 0 Å². The van der Waals surface area contributed by atoms with E-state index in [2.05, 4.69) is 25.6 Å². The van der Waals surface area contributed by atoms with Crippen LogP contribution in [0.3, 0.4) is 0 Å². The van der Waals surface area contributed by atoms with Gasteiger partial charge in [-0.15, -0.1) is 15.3 Å². The first-order chi connectivity index (χ1) is 15.0. The Balaban J connectivity index is 1.66. The predicted molar refractivity (Wildman–Crippen MR) is 115 cm³/mol. The summed E-state index contributed by atoms with van der Waals surface area (Å²) in [5.41, 5.74) is 1.80. The summed E-state index contributed by atoms with van der Waals surface area (Å²) in [7, 11) is -0.103. The van der Waals surface area contributed by atoms with Crippen LogP contribution in [0.2, 0.25) is 0 Å². The molecular weight excluding hydrogens is 421 g/mol. The summed E-state index contributed by atoms with van der Waals surface area (Å²) in [6, 6.07) is 12.0. The van der Waals surface area contributed by atoms with Gasteiger partial charge in [-0.05, 0) is 23.2 Å². The molecule has 2 heterocycles. The van der Waals surface area contributed by atoms with Gasteiger partial charge in [0, 0.05) is 6.54 Å². The highest BCUT2D eigenvalue weighted by atomic mass is 32.2. The highest BCUT2D eigenvalue weighted by molar-refractivity contribution is 7.89. The van der Waals surface area contributed by atoms with Crippen LogP contribution in [-0.2, 0) is 17.9 Å². The van der Waals surface area contributed by atoms with Gasteiger partial charge >= 0.3 is 7.12 Å². The molecule has 4 rings (SSSR count). The Hall–Kier alpha value is -3.23. The summed E-state index contributed by atoms with van der Waals surface area (Å²) in [6.45, 7) is 0.325. The maximum atomic E-state index is 11.8. The molecule has 0 saturated heterocycles. The molecule has 0 radical (unpaired) electrons. The molecule has 0 spiro atoms. The Kier molecular flexibility index (Phi) is 6.02. The number of hydrogen-bond donors (Lipinski definition) is 4. The van der Waals surface area contributed by atoms with Crippen molar-refractivity contribution >= 4 is 40.7 Å². The number of nitrogens with two attached hydrogens (primary N) is 1. The molecule has 0 fully saturated rings. The lowest BCUT2D eigenvalue weighted by Crippen LogP contribution is -2.30. The predicted octanol–water partition coefficient (Wildman–Crippen LogP) is -0.508. The van der Waals surface area contributed by atoms with Gasteiger partial charge in [0.1, 0.15) is 0 Å². The van der Waals surface area contributed by atoms with Gasteiger partial charge in [-0.2, -0.15) is 14.8 Å². The van der Waals surface area contributed by atoms with E-state index in [9.17, 15) is 14.6 Å². The molecule has 2 aromatic carbocycles. The SMILES string of the molecule is COc1nnc(-n2ncc3c([S+](N)[O-])cccc32)nc1NCc1cccc(B(O)O)c1. The van der Waals surface area contributed by atoms with E-state index in [0.717, 1.165) is 5.56 Å². The molecule has 0 bridgehead atoms. The zero-order valence-electron chi connectivity index (χ0n) is 16.3. The van der Waals surface area contributed by atoms with E-state index in [-0.39, 0.29) is 11.8 Å². The fraction of sp³-hybridized carbons (Fsp3) is 0.111. The van der Waals surface area contributed by atoms with Gasteiger partial charge in [0.2, 0.25) is 0 Å². The number of ether oxygens (including phenoxy) is 1. The maximum Gasteiger partial charge on any atom is 0.488 e. The van der Waals surface area contributed by atoms with Crippen LogP contribution in [-0.4, -0.2) is 53.8 Å². The van der Waals surface area contributed by atoms with Gasteiger partial charge in [-0.25, -0.2) is 0 Å². The van der Waals surface area contributed by atoms with Crippen molar-refractivity contribution in [3.05, 3.63) is 54.2 Å². The third-order valence-corrected chi connectivity index (χ3v) is 5.32. The summed E-state index contributed by atoms with van der Waals surface area (Å²) in [6.07, 6.45) is 1.54. The van der Waals surface area contributed by atoms with Gasteiger partial charge in [0.15, 0.2) is 10.7 Å². The van der Waals surface area contributed by atoms with Crippen molar-refractivity contribution in [2.75, 3.05) is 12.4 Å². The lowest BCUT2D eigenvalue weighted by Gasteiger charge is -2.11. The van der Waals surface area contributed by atoms with Crippen LogP contribution in [0.4, 0.5) is 5.82 Å². The second-order valence-corrected chi connectivity index (χ2v) is 7.52.